The van der Waals surface area contributed by atoms with Gasteiger partial charge in [0.05, 0.1) is 0 Å². The van der Waals surface area contributed by atoms with Crippen molar-refractivity contribution >= 4 is 27.7 Å². The monoisotopic (exact) mass is 420 g/mol. The summed E-state index contributed by atoms with van der Waals surface area (Å²) in [6.07, 6.45) is -0.761. The van der Waals surface area contributed by atoms with Crippen molar-refractivity contribution in [2.75, 3.05) is 6.61 Å². The normalized spacial score (nSPS) is 11.4. The minimum atomic E-state index is -0.761. The van der Waals surface area contributed by atoms with E-state index in [2.05, 4.69) is 26.8 Å². The van der Waals surface area contributed by atoms with Gasteiger partial charge in [-0.2, -0.15) is 0 Å². The van der Waals surface area contributed by atoms with Crippen molar-refractivity contribution in [2.45, 2.75) is 26.9 Å². The van der Waals surface area contributed by atoms with Crippen molar-refractivity contribution in [3.05, 3.63) is 58.1 Å². The van der Waals surface area contributed by atoms with E-state index in [0.717, 1.165) is 15.6 Å². The van der Waals surface area contributed by atoms with E-state index in [1.807, 2.05) is 26.0 Å². The van der Waals surface area contributed by atoms with Crippen LogP contribution in [0.3, 0.4) is 0 Å². The molecule has 0 spiro atoms. The van der Waals surface area contributed by atoms with Crippen LogP contribution in [0.1, 0.15) is 18.1 Å². The number of rotatable bonds is 6. The molecule has 0 aliphatic carbocycles. The summed E-state index contributed by atoms with van der Waals surface area (Å²) < 4.78 is 11.9. The lowest BCUT2D eigenvalue weighted by Gasteiger charge is -2.17. The molecule has 0 radical (unpaired) electrons. The Labute approximate surface area is 161 Å². The van der Waals surface area contributed by atoms with Crippen molar-refractivity contribution < 1.29 is 19.1 Å². The molecule has 7 heteroatoms. The van der Waals surface area contributed by atoms with Gasteiger partial charge in [-0.3, -0.25) is 20.4 Å². The fraction of sp³-hybridized carbons (Fsp3) is 0.263. The fourth-order valence-electron chi connectivity index (χ4n) is 2.04. The van der Waals surface area contributed by atoms with Crippen molar-refractivity contribution in [1.82, 2.24) is 10.9 Å². The van der Waals surface area contributed by atoms with Crippen LogP contribution >= 0.6 is 15.9 Å². The molecule has 0 saturated carbocycles. The van der Waals surface area contributed by atoms with Gasteiger partial charge >= 0.3 is 0 Å². The lowest BCUT2D eigenvalue weighted by Crippen LogP contribution is -2.48. The Morgan fingerprint density at radius 2 is 1.77 bits per heavy atom. The number of aryl methyl sites for hydroxylation is 1. The molecule has 0 aliphatic rings. The molecule has 2 aromatic rings. The van der Waals surface area contributed by atoms with Crippen LogP contribution in [0, 0.1) is 13.8 Å². The predicted octanol–water partition coefficient (Wildman–Crippen LogP) is 3.06. The van der Waals surface area contributed by atoms with Crippen LogP contribution in [0.4, 0.5) is 0 Å². The van der Waals surface area contributed by atoms with Crippen LogP contribution < -0.4 is 20.3 Å². The lowest BCUT2D eigenvalue weighted by atomic mass is 10.1. The molecule has 26 heavy (non-hydrogen) atoms. The number of carbonyl (C=O) groups excluding carboxylic acids is 2. The van der Waals surface area contributed by atoms with Gasteiger partial charge in [-0.1, -0.05) is 28.1 Å². The Morgan fingerprint density at radius 3 is 2.46 bits per heavy atom. The van der Waals surface area contributed by atoms with E-state index in [9.17, 15) is 9.59 Å². The molecule has 0 aromatic heterocycles. The molecule has 0 fully saturated rings. The number of benzene rings is 2. The molecule has 0 heterocycles. The topological polar surface area (TPSA) is 76.7 Å². The second kappa shape index (κ2) is 9.24. The number of hydrogen-bond donors (Lipinski definition) is 2. The smallest absolute Gasteiger partial charge is 0.279 e. The van der Waals surface area contributed by atoms with Gasteiger partial charge in [0.2, 0.25) is 0 Å². The predicted molar refractivity (Wildman–Crippen MR) is 102 cm³/mol. The third-order valence-corrected chi connectivity index (χ3v) is 4.27. The first-order valence-electron chi connectivity index (χ1n) is 8.06. The van der Waals surface area contributed by atoms with Crippen molar-refractivity contribution in [3.8, 4) is 11.5 Å². The Bertz CT molecular complexity index is 778. The molecule has 0 bridgehead atoms. The number of amides is 2. The van der Waals surface area contributed by atoms with E-state index in [-0.39, 0.29) is 6.61 Å². The van der Waals surface area contributed by atoms with Crippen molar-refractivity contribution in [3.63, 3.8) is 0 Å². The van der Waals surface area contributed by atoms with Crippen LogP contribution in [0.2, 0.25) is 0 Å². The summed E-state index contributed by atoms with van der Waals surface area (Å²) >= 11 is 3.32. The van der Waals surface area contributed by atoms with E-state index >= 15 is 0 Å². The quantitative estimate of drug-likeness (QED) is 0.703. The maximum Gasteiger partial charge on any atom is 0.279 e. The molecule has 2 aromatic carbocycles. The van der Waals surface area contributed by atoms with Crippen LogP contribution in [-0.4, -0.2) is 24.5 Å². The van der Waals surface area contributed by atoms with Gasteiger partial charge in [-0.15, -0.1) is 0 Å². The van der Waals surface area contributed by atoms with E-state index < -0.39 is 17.9 Å². The van der Waals surface area contributed by atoms with Crippen LogP contribution in [0.5, 0.6) is 11.5 Å². The highest BCUT2D eigenvalue weighted by atomic mass is 79.9. The number of nitrogens with one attached hydrogen (secondary N) is 2. The summed E-state index contributed by atoms with van der Waals surface area (Å²) in [6.45, 7) is 5.30. The first-order chi connectivity index (χ1) is 12.4. The highest BCUT2D eigenvalue weighted by molar-refractivity contribution is 9.10. The maximum absolute atomic E-state index is 12.1. The highest BCUT2D eigenvalue weighted by Crippen LogP contribution is 2.21. The summed E-state index contributed by atoms with van der Waals surface area (Å²) in [6, 6.07) is 12.7. The summed E-state index contributed by atoms with van der Waals surface area (Å²) in [4.78, 5) is 23.8. The Kier molecular flexibility index (Phi) is 7.03. The third-order valence-electron chi connectivity index (χ3n) is 3.74. The second-order valence-electron chi connectivity index (χ2n) is 5.74. The Morgan fingerprint density at radius 1 is 1.08 bits per heavy atom. The number of halogens is 1. The summed E-state index contributed by atoms with van der Waals surface area (Å²) in [7, 11) is 0. The second-order valence-corrected chi connectivity index (χ2v) is 6.65. The average Bonchev–Trinajstić information content (AvgIpc) is 2.63. The molecule has 6 nitrogen and oxygen atoms in total. The van der Waals surface area contributed by atoms with Gasteiger partial charge in [0.25, 0.3) is 11.8 Å². The number of ether oxygens (including phenoxy) is 2. The summed E-state index contributed by atoms with van der Waals surface area (Å²) in [5, 5.41) is 0. The maximum atomic E-state index is 12.1. The fourth-order valence-corrected chi connectivity index (χ4v) is 2.31. The van der Waals surface area contributed by atoms with Crippen molar-refractivity contribution in [2.24, 2.45) is 0 Å². The number of hydrogen-bond acceptors (Lipinski definition) is 4. The molecule has 0 aliphatic heterocycles. The first kappa shape index (κ1) is 19.8. The number of carbonyl (C=O) groups is 2. The van der Waals surface area contributed by atoms with Gasteiger partial charge in [0.1, 0.15) is 11.5 Å². The molecule has 2 N–H and O–H groups in total. The minimum absolute atomic E-state index is 0.214. The van der Waals surface area contributed by atoms with Crippen LogP contribution in [0.15, 0.2) is 46.9 Å². The lowest BCUT2D eigenvalue weighted by molar-refractivity contribution is -0.133. The Balaban J connectivity index is 1.77. The molecular weight excluding hydrogens is 400 g/mol. The average molecular weight is 421 g/mol. The molecule has 0 saturated heterocycles. The van der Waals surface area contributed by atoms with Gasteiger partial charge in [0.15, 0.2) is 12.7 Å². The van der Waals surface area contributed by atoms with E-state index in [0.29, 0.717) is 11.5 Å². The highest BCUT2D eigenvalue weighted by Gasteiger charge is 2.16. The van der Waals surface area contributed by atoms with E-state index in [4.69, 9.17) is 9.47 Å². The Hall–Kier alpha value is -2.54. The van der Waals surface area contributed by atoms with Gasteiger partial charge in [-0.05, 0) is 62.2 Å². The van der Waals surface area contributed by atoms with Gasteiger partial charge in [-0.25, -0.2) is 0 Å². The molecule has 1 unspecified atom stereocenters. The van der Waals surface area contributed by atoms with Crippen LogP contribution in [0.25, 0.3) is 0 Å². The zero-order valence-electron chi connectivity index (χ0n) is 14.8. The zero-order valence-corrected chi connectivity index (χ0v) is 16.4. The van der Waals surface area contributed by atoms with Crippen LogP contribution in [-0.2, 0) is 9.59 Å². The minimum Gasteiger partial charge on any atom is -0.484 e. The molecule has 2 rings (SSSR count). The van der Waals surface area contributed by atoms with Gasteiger partial charge < -0.3 is 9.47 Å². The molecule has 1 atom stereocenters. The molecular formula is C19H21BrN2O4. The van der Waals surface area contributed by atoms with Crippen molar-refractivity contribution in [1.29, 1.82) is 0 Å². The van der Waals surface area contributed by atoms with E-state index in [1.54, 1.807) is 37.3 Å². The zero-order chi connectivity index (χ0) is 19.1. The van der Waals surface area contributed by atoms with E-state index in [1.165, 1.54) is 0 Å². The van der Waals surface area contributed by atoms with Gasteiger partial charge in [0, 0.05) is 4.47 Å². The largest absolute Gasteiger partial charge is 0.484 e. The molecule has 2 amide bonds. The standard InChI is InChI=1S/C19H21BrN2O4/c1-12-5-4-6-17(13(12)2)26-14(3)19(24)22-21-18(23)11-25-16-9-7-15(20)8-10-16/h4-10,14H,11H2,1-3H3,(H,21,23)(H,22,24). The third kappa shape index (κ3) is 5.77. The first-order valence-corrected chi connectivity index (χ1v) is 8.86. The SMILES string of the molecule is Cc1cccc(OC(C)C(=O)NNC(=O)COc2ccc(Br)cc2)c1C. The number of hydrazine groups is 1. The molecule has 138 valence electrons. The summed E-state index contributed by atoms with van der Waals surface area (Å²) in [5.74, 6) is 0.266. The summed E-state index contributed by atoms with van der Waals surface area (Å²) in [5.41, 5.74) is 6.68.